The largest absolute Gasteiger partial charge is 0.354 e. The molecule has 1 aromatic heterocycles. The number of carbonyl (C=O) groups is 1. The molecular formula is C11H10FN3O2. The lowest BCUT2D eigenvalue weighted by atomic mass is 10.2. The number of fused-ring (bicyclic) bond motifs is 1. The summed E-state index contributed by atoms with van der Waals surface area (Å²) >= 11 is 0. The summed E-state index contributed by atoms with van der Waals surface area (Å²) in [5.41, 5.74) is -0.339. The van der Waals surface area contributed by atoms with Gasteiger partial charge in [0.1, 0.15) is 5.82 Å². The van der Waals surface area contributed by atoms with Crippen LogP contribution in [0.2, 0.25) is 0 Å². The fraction of sp³-hybridized carbons (Fsp3) is 0.182. The van der Waals surface area contributed by atoms with E-state index in [1.165, 1.54) is 23.9 Å². The number of aromatic nitrogens is 2. The molecule has 5 nitrogen and oxygen atoms in total. The van der Waals surface area contributed by atoms with Crippen molar-refractivity contribution < 1.29 is 9.18 Å². The second kappa shape index (κ2) is 3.97. The molecule has 6 heteroatoms. The minimum Gasteiger partial charge on any atom is -0.354 e. The predicted octanol–water partition coefficient (Wildman–Crippen LogP) is 0.432. The smallest absolute Gasteiger partial charge is 0.275 e. The highest BCUT2D eigenvalue weighted by Crippen LogP contribution is 2.10. The SMILES string of the molecule is CNC(=O)c1nn(C)c2ccc(F)cc2c1=O. The van der Waals surface area contributed by atoms with E-state index in [1.54, 1.807) is 7.05 Å². The van der Waals surface area contributed by atoms with Gasteiger partial charge < -0.3 is 5.32 Å². The zero-order chi connectivity index (χ0) is 12.6. The molecule has 1 N–H and O–H groups in total. The van der Waals surface area contributed by atoms with Gasteiger partial charge in [-0.15, -0.1) is 0 Å². The Morgan fingerprint density at radius 1 is 1.47 bits per heavy atom. The van der Waals surface area contributed by atoms with Crippen molar-refractivity contribution in [1.29, 1.82) is 0 Å². The summed E-state index contributed by atoms with van der Waals surface area (Å²) in [4.78, 5) is 23.4. The lowest BCUT2D eigenvalue weighted by molar-refractivity contribution is 0.0955. The van der Waals surface area contributed by atoms with Gasteiger partial charge in [0.05, 0.1) is 10.9 Å². The summed E-state index contributed by atoms with van der Waals surface area (Å²) in [7, 11) is 2.99. The number of carbonyl (C=O) groups excluding carboxylic acids is 1. The molecule has 0 bridgehead atoms. The molecule has 0 saturated carbocycles. The molecule has 0 aliphatic rings. The molecule has 2 rings (SSSR count). The van der Waals surface area contributed by atoms with Crippen molar-refractivity contribution in [1.82, 2.24) is 15.1 Å². The number of amides is 1. The van der Waals surface area contributed by atoms with Crippen LogP contribution in [0.3, 0.4) is 0 Å². The van der Waals surface area contributed by atoms with E-state index in [1.807, 2.05) is 0 Å². The average molecular weight is 235 g/mol. The molecular weight excluding hydrogens is 225 g/mol. The maximum atomic E-state index is 13.1. The number of hydrogen-bond donors (Lipinski definition) is 1. The van der Waals surface area contributed by atoms with Gasteiger partial charge in [-0.2, -0.15) is 5.10 Å². The van der Waals surface area contributed by atoms with Crippen molar-refractivity contribution >= 4 is 16.8 Å². The van der Waals surface area contributed by atoms with Gasteiger partial charge in [0.15, 0.2) is 5.69 Å². The van der Waals surface area contributed by atoms with Gasteiger partial charge in [-0.25, -0.2) is 4.39 Å². The van der Waals surface area contributed by atoms with Crippen LogP contribution < -0.4 is 10.7 Å². The van der Waals surface area contributed by atoms with Crippen LogP contribution in [0.25, 0.3) is 10.9 Å². The van der Waals surface area contributed by atoms with Crippen LogP contribution in [0.4, 0.5) is 4.39 Å². The van der Waals surface area contributed by atoms with Crippen molar-refractivity contribution in [3.8, 4) is 0 Å². The zero-order valence-corrected chi connectivity index (χ0v) is 9.32. The van der Waals surface area contributed by atoms with Crippen molar-refractivity contribution in [3.05, 3.63) is 39.9 Å². The topological polar surface area (TPSA) is 64.0 Å². The van der Waals surface area contributed by atoms with Crippen LogP contribution in [0.15, 0.2) is 23.0 Å². The maximum absolute atomic E-state index is 13.1. The first-order chi connectivity index (χ1) is 8.04. The molecule has 1 aromatic carbocycles. The molecule has 2 aromatic rings. The Bertz CT molecular complexity index is 664. The molecule has 88 valence electrons. The highest BCUT2D eigenvalue weighted by Gasteiger charge is 2.15. The van der Waals surface area contributed by atoms with Gasteiger partial charge in [-0.3, -0.25) is 14.3 Å². The quantitative estimate of drug-likeness (QED) is 0.779. The maximum Gasteiger partial charge on any atom is 0.275 e. The molecule has 0 fully saturated rings. The zero-order valence-electron chi connectivity index (χ0n) is 9.32. The molecule has 1 amide bonds. The molecule has 0 aliphatic heterocycles. The second-order valence-electron chi connectivity index (χ2n) is 3.54. The Labute approximate surface area is 95.9 Å². The van der Waals surface area contributed by atoms with E-state index in [0.717, 1.165) is 6.07 Å². The van der Waals surface area contributed by atoms with Gasteiger partial charge in [-0.1, -0.05) is 0 Å². The number of rotatable bonds is 1. The first-order valence-electron chi connectivity index (χ1n) is 4.93. The molecule has 0 unspecified atom stereocenters. The van der Waals surface area contributed by atoms with Gasteiger partial charge in [-0.05, 0) is 18.2 Å². The van der Waals surface area contributed by atoms with Gasteiger partial charge in [0, 0.05) is 14.1 Å². The van der Waals surface area contributed by atoms with Crippen LogP contribution in [0, 0.1) is 5.82 Å². The minimum atomic E-state index is -0.586. The molecule has 0 atom stereocenters. The first-order valence-corrected chi connectivity index (χ1v) is 4.93. The molecule has 17 heavy (non-hydrogen) atoms. The molecule has 0 aliphatic carbocycles. The average Bonchev–Trinajstić information content (AvgIpc) is 2.32. The van der Waals surface area contributed by atoms with Gasteiger partial charge in [0.2, 0.25) is 5.43 Å². The Kier molecular flexibility index (Phi) is 2.63. The summed E-state index contributed by atoms with van der Waals surface area (Å²) in [6.07, 6.45) is 0. The number of nitrogens with one attached hydrogen (secondary N) is 1. The summed E-state index contributed by atoms with van der Waals surface area (Å²) in [5, 5.41) is 6.33. The minimum absolute atomic E-state index is 0.140. The van der Waals surface area contributed by atoms with Crippen molar-refractivity contribution in [2.24, 2.45) is 7.05 Å². The van der Waals surface area contributed by atoms with Crippen molar-refractivity contribution in [2.45, 2.75) is 0 Å². The van der Waals surface area contributed by atoms with Crippen molar-refractivity contribution in [2.75, 3.05) is 7.05 Å². The fourth-order valence-corrected chi connectivity index (χ4v) is 1.62. The fourth-order valence-electron chi connectivity index (χ4n) is 1.62. The standard InChI is InChI=1S/C11H10FN3O2/c1-13-11(17)9-10(16)7-5-6(12)3-4-8(7)15(2)14-9/h3-5H,1-2H3,(H,13,17). The monoisotopic (exact) mass is 235 g/mol. The van der Waals surface area contributed by atoms with Crippen LogP contribution >= 0.6 is 0 Å². The van der Waals surface area contributed by atoms with E-state index >= 15 is 0 Å². The van der Waals surface area contributed by atoms with Gasteiger partial charge >= 0.3 is 0 Å². The number of aryl methyl sites for hydroxylation is 1. The Morgan fingerprint density at radius 2 is 2.18 bits per heavy atom. The Morgan fingerprint density at radius 3 is 2.82 bits per heavy atom. The summed E-state index contributed by atoms with van der Waals surface area (Å²) in [6, 6.07) is 3.79. The van der Waals surface area contributed by atoms with E-state index in [0.29, 0.717) is 5.52 Å². The Hall–Kier alpha value is -2.24. The van der Waals surface area contributed by atoms with Crippen molar-refractivity contribution in [3.63, 3.8) is 0 Å². The van der Waals surface area contributed by atoms with E-state index in [-0.39, 0.29) is 11.1 Å². The van der Waals surface area contributed by atoms with E-state index < -0.39 is 17.2 Å². The summed E-state index contributed by atoms with van der Waals surface area (Å²) in [5.74, 6) is -1.11. The molecule has 0 spiro atoms. The van der Waals surface area contributed by atoms with E-state index in [9.17, 15) is 14.0 Å². The summed E-state index contributed by atoms with van der Waals surface area (Å²) in [6.45, 7) is 0. The van der Waals surface area contributed by atoms with E-state index in [4.69, 9.17) is 0 Å². The predicted molar refractivity (Wildman–Crippen MR) is 60.3 cm³/mol. The number of halogens is 1. The molecule has 0 saturated heterocycles. The Balaban J connectivity index is 2.88. The van der Waals surface area contributed by atoms with Crippen LogP contribution in [-0.2, 0) is 7.05 Å². The van der Waals surface area contributed by atoms with Gasteiger partial charge in [0.25, 0.3) is 5.91 Å². The number of nitrogens with zero attached hydrogens (tertiary/aromatic N) is 2. The third kappa shape index (κ3) is 1.77. The second-order valence-corrected chi connectivity index (χ2v) is 3.54. The highest BCUT2D eigenvalue weighted by molar-refractivity contribution is 5.95. The van der Waals surface area contributed by atoms with Crippen LogP contribution in [0.5, 0.6) is 0 Å². The highest BCUT2D eigenvalue weighted by atomic mass is 19.1. The number of hydrogen-bond acceptors (Lipinski definition) is 3. The molecule has 1 heterocycles. The number of benzene rings is 1. The normalized spacial score (nSPS) is 10.5. The molecule has 0 radical (unpaired) electrons. The third-order valence-electron chi connectivity index (χ3n) is 2.46. The first kappa shape index (κ1) is 11.3. The van der Waals surface area contributed by atoms with Crippen LogP contribution in [0.1, 0.15) is 10.5 Å². The lowest BCUT2D eigenvalue weighted by Crippen LogP contribution is -2.29. The third-order valence-corrected chi connectivity index (χ3v) is 2.46. The van der Waals surface area contributed by atoms with E-state index in [2.05, 4.69) is 10.4 Å². The van der Waals surface area contributed by atoms with Crippen LogP contribution in [-0.4, -0.2) is 22.7 Å². The summed E-state index contributed by atoms with van der Waals surface area (Å²) < 4.78 is 14.5. The lowest BCUT2D eigenvalue weighted by Gasteiger charge is -2.06.